The second-order valence-electron chi connectivity index (χ2n) is 8.54. The molecular weight excluding hydrogens is 495 g/mol. The zero-order valence-corrected chi connectivity index (χ0v) is 21.2. The number of nitrogens with zero attached hydrogens (tertiary/aromatic N) is 2. The average Bonchev–Trinajstić information content (AvgIpc) is 3.30. The number of halogens is 2. The van der Waals surface area contributed by atoms with Gasteiger partial charge in [-0.25, -0.2) is 4.39 Å². The number of amides is 2. The number of benzene rings is 3. The molecule has 1 aliphatic rings. The van der Waals surface area contributed by atoms with Crippen LogP contribution >= 0.6 is 23.4 Å². The summed E-state index contributed by atoms with van der Waals surface area (Å²) in [7, 11) is 0. The maximum atomic E-state index is 14.2. The summed E-state index contributed by atoms with van der Waals surface area (Å²) in [5.74, 6) is -1.01. The molecule has 0 saturated carbocycles. The molecule has 4 nitrogen and oxygen atoms in total. The quantitative estimate of drug-likeness (QED) is 0.254. The number of thioether (sulfide) groups is 1. The van der Waals surface area contributed by atoms with E-state index in [1.807, 2.05) is 38.1 Å². The van der Waals surface area contributed by atoms with Crippen LogP contribution in [0.5, 0.6) is 0 Å². The van der Waals surface area contributed by atoms with Gasteiger partial charge < -0.3 is 4.57 Å². The molecule has 0 atom stereocenters. The number of aryl methyl sites for hydroxylation is 1. The third kappa shape index (κ3) is 4.50. The molecule has 180 valence electrons. The molecular formula is C29H22ClFN2O2S. The van der Waals surface area contributed by atoms with Crippen molar-refractivity contribution in [2.24, 2.45) is 0 Å². The van der Waals surface area contributed by atoms with E-state index in [1.54, 1.807) is 6.08 Å². The lowest BCUT2D eigenvalue weighted by Crippen LogP contribution is -2.28. The SMILES string of the molecule is Cc1cc(/C=C2\SC(=O)N(Cc3c(F)cccc3Cl)C2=O)c(C)n1-c1ccc(-c2ccccc2)cc1. The molecule has 0 unspecified atom stereocenters. The molecule has 2 heterocycles. The Hall–Kier alpha value is -3.61. The van der Waals surface area contributed by atoms with Crippen molar-refractivity contribution in [2.45, 2.75) is 20.4 Å². The molecule has 0 radical (unpaired) electrons. The number of carbonyl (C=O) groups is 2. The van der Waals surface area contributed by atoms with E-state index in [2.05, 4.69) is 41.0 Å². The monoisotopic (exact) mass is 516 g/mol. The molecule has 3 aromatic carbocycles. The Morgan fingerprint density at radius 1 is 0.917 bits per heavy atom. The molecule has 1 fully saturated rings. The van der Waals surface area contributed by atoms with E-state index in [1.165, 1.54) is 18.2 Å². The number of imide groups is 1. The van der Waals surface area contributed by atoms with Gasteiger partial charge in [0.05, 0.1) is 11.4 Å². The fraction of sp³-hybridized carbons (Fsp3) is 0.103. The van der Waals surface area contributed by atoms with Gasteiger partial charge in [0.2, 0.25) is 0 Å². The first-order chi connectivity index (χ1) is 17.3. The summed E-state index contributed by atoms with van der Waals surface area (Å²) in [6.45, 7) is 3.77. The van der Waals surface area contributed by atoms with Gasteiger partial charge in [0.15, 0.2) is 0 Å². The Balaban J connectivity index is 1.42. The van der Waals surface area contributed by atoms with E-state index in [4.69, 9.17) is 11.6 Å². The molecule has 7 heteroatoms. The van der Waals surface area contributed by atoms with E-state index in [0.29, 0.717) is 4.91 Å². The van der Waals surface area contributed by atoms with Crippen molar-refractivity contribution in [3.63, 3.8) is 0 Å². The lowest BCUT2D eigenvalue weighted by Gasteiger charge is -2.14. The van der Waals surface area contributed by atoms with E-state index in [-0.39, 0.29) is 17.1 Å². The van der Waals surface area contributed by atoms with Gasteiger partial charge >= 0.3 is 0 Å². The predicted molar refractivity (Wildman–Crippen MR) is 144 cm³/mol. The van der Waals surface area contributed by atoms with Crippen LogP contribution in [-0.2, 0) is 11.3 Å². The fourth-order valence-electron chi connectivity index (χ4n) is 4.38. The van der Waals surface area contributed by atoms with Crippen molar-refractivity contribution in [2.75, 3.05) is 0 Å². The third-order valence-electron chi connectivity index (χ3n) is 6.24. The molecule has 4 aromatic rings. The van der Waals surface area contributed by atoms with Crippen LogP contribution < -0.4 is 0 Å². The zero-order valence-electron chi connectivity index (χ0n) is 19.7. The smallest absolute Gasteiger partial charge is 0.293 e. The number of hydrogen-bond acceptors (Lipinski definition) is 3. The van der Waals surface area contributed by atoms with Gasteiger partial charge in [-0.3, -0.25) is 14.5 Å². The van der Waals surface area contributed by atoms with Crippen LogP contribution in [0.4, 0.5) is 9.18 Å². The largest absolute Gasteiger partial charge is 0.318 e. The average molecular weight is 517 g/mol. The first kappa shape index (κ1) is 24.1. The topological polar surface area (TPSA) is 42.3 Å². The Bertz CT molecular complexity index is 1490. The van der Waals surface area contributed by atoms with Crippen LogP contribution in [0.2, 0.25) is 5.02 Å². The summed E-state index contributed by atoms with van der Waals surface area (Å²) in [6, 6.07) is 24.8. The van der Waals surface area contributed by atoms with Gasteiger partial charge in [0.1, 0.15) is 5.82 Å². The minimum absolute atomic E-state index is 0.125. The Morgan fingerprint density at radius 2 is 1.61 bits per heavy atom. The van der Waals surface area contributed by atoms with Crippen molar-refractivity contribution in [1.82, 2.24) is 9.47 Å². The highest BCUT2D eigenvalue weighted by molar-refractivity contribution is 8.18. The Kier molecular flexibility index (Phi) is 6.56. The molecule has 0 N–H and O–H groups in total. The minimum atomic E-state index is -0.549. The summed E-state index contributed by atoms with van der Waals surface area (Å²) in [6.07, 6.45) is 1.73. The maximum absolute atomic E-state index is 14.2. The van der Waals surface area contributed by atoms with Gasteiger partial charge in [0, 0.05) is 27.7 Å². The van der Waals surface area contributed by atoms with Gasteiger partial charge in [-0.15, -0.1) is 0 Å². The van der Waals surface area contributed by atoms with Crippen LogP contribution in [0.1, 0.15) is 22.5 Å². The van der Waals surface area contributed by atoms with E-state index < -0.39 is 17.0 Å². The standard InChI is InChI=1S/C29H22ClFN2O2S/c1-18-15-22(19(2)33(18)23-13-11-21(12-14-23)20-7-4-3-5-8-20)16-27-28(34)32(29(35)36-27)17-24-25(30)9-6-10-26(24)31/h3-16H,17H2,1-2H3/b27-16-. The van der Waals surface area contributed by atoms with Gasteiger partial charge in [-0.1, -0.05) is 60.1 Å². The second kappa shape index (κ2) is 9.80. The first-order valence-corrected chi connectivity index (χ1v) is 12.6. The summed E-state index contributed by atoms with van der Waals surface area (Å²) >= 11 is 6.95. The summed E-state index contributed by atoms with van der Waals surface area (Å²) in [5, 5.41) is -0.268. The van der Waals surface area contributed by atoms with Crippen LogP contribution in [-0.4, -0.2) is 20.6 Å². The summed E-state index contributed by atoms with van der Waals surface area (Å²) < 4.78 is 16.3. The molecule has 5 rings (SSSR count). The number of rotatable bonds is 5. The lowest BCUT2D eigenvalue weighted by atomic mass is 10.1. The maximum Gasteiger partial charge on any atom is 0.293 e. The fourth-order valence-corrected chi connectivity index (χ4v) is 5.44. The highest BCUT2D eigenvalue weighted by atomic mass is 35.5. The first-order valence-electron chi connectivity index (χ1n) is 11.4. The predicted octanol–water partition coefficient (Wildman–Crippen LogP) is 7.79. The van der Waals surface area contributed by atoms with E-state index in [9.17, 15) is 14.0 Å². The van der Waals surface area contributed by atoms with E-state index >= 15 is 0 Å². The molecule has 36 heavy (non-hydrogen) atoms. The van der Waals surface area contributed by atoms with Crippen molar-refractivity contribution in [3.05, 3.63) is 117 Å². The normalized spacial score (nSPS) is 14.8. The molecule has 1 aliphatic heterocycles. The molecule has 0 aliphatic carbocycles. The van der Waals surface area contributed by atoms with Crippen LogP contribution in [0.15, 0.2) is 83.8 Å². The van der Waals surface area contributed by atoms with Crippen molar-refractivity contribution < 1.29 is 14.0 Å². The summed E-state index contributed by atoms with van der Waals surface area (Å²) in [4.78, 5) is 27.0. The third-order valence-corrected chi connectivity index (χ3v) is 7.50. The van der Waals surface area contributed by atoms with Crippen molar-refractivity contribution in [3.8, 4) is 16.8 Å². The van der Waals surface area contributed by atoms with Gasteiger partial charge in [-0.2, -0.15) is 0 Å². The van der Waals surface area contributed by atoms with Crippen molar-refractivity contribution in [1.29, 1.82) is 0 Å². The second-order valence-corrected chi connectivity index (χ2v) is 9.94. The highest BCUT2D eigenvalue weighted by Crippen LogP contribution is 2.36. The van der Waals surface area contributed by atoms with Crippen molar-refractivity contribution >= 4 is 40.6 Å². The zero-order chi connectivity index (χ0) is 25.4. The number of carbonyl (C=O) groups excluding carboxylic acids is 2. The number of hydrogen-bond donors (Lipinski definition) is 0. The number of aromatic nitrogens is 1. The van der Waals surface area contributed by atoms with Crippen LogP contribution in [0.25, 0.3) is 22.9 Å². The molecule has 1 aromatic heterocycles. The van der Waals surface area contributed by atoms with Gasteiger partial charge in [0.25, 0.3) is 11.1 Å². The van der Waals surface area contributed by atoms with E-state index in [0.717, 1.165) is 50.4 Å². The molecule has 2 amide bonds. The van der Waals surface area contributed by atoms with Gasteiger partial charge in [-0.05, 0) is 78.7 Å². The van der Waals surface area contributed by atoms with Crippen LogP contribution in [0.3, 0.4) is 0 Å². The highest BCUT2D eigenvalue weighted by Gasteiger charge is 2.36. The van der Waals surface area contributed by atoms with Crippen LogP contribution in [0, 0.1) is 19.7 Å². The molecule has 0 bridgehead atoms. The molecule has 1 saturated heterocycles. The molecule has 0 spiro atoms. The lowest BCUT2D eigenvalue weighted by molar-refractivity contribution is -0.123. The Morgan fingerprint density at radius 3 is 2.31 bits per heavy atom. The summed E-state index contributed by atoms with van der Waals surface area (Å²) in [5.41, 5.74) is 6.21. The Labute approximate surface area is 218 Å². The minimum Gasteiger partial charge on any atom is -0.318 e.